The lowest BCUT2D eigenvalue weighted by Gasteiger charge is -2.43. The summed E-state index contributed by atoms with van der Waals surface area (Å²) in [6, 6.07) is 6.12. The summed E-state index contributed by atoms with van der Waals surface area (Å²) in [5.74, 6) is -1.44. The third-order valence-electron chi connectivity index (χ3n) is 4.85. The van der Waals surface area contributed by atoms with Crippen molar-refractivity contribution in [1.29, 1.82) is 0 Å². The fourth-order valence-electron chi connectivity index (χ4n) is 3.02. The Hall–Kier alpha value is -1.91. The quantitative estimate of drug-likeness (QED) is 0.923. The van der Waals surface area contributed by atoms with Gasteiger partial charge in [0.1, 0.15) is 5.82 Å². The molecule has 2 fully saturated rings. The molecule has 0 bridgehead atoms. The maximum Gasteiger partial charge on any atom is 0.306 e. The van der Waals surface area contributed by atoms with Crippen LogP contribution < -0.4 is 0 Å². The molecule has 1 amide bonds. The molecule has 1 atom stereocenters. The van der Waals surface area contributed by atoms with Crippen molar-refractivity contribution in [3.8, 4) is 0 Å². The normalized spacial score (nSPS) is 21.5. The molecule has 112 valence electrons. The van der Waals surface area contributed by atoms with Gasteiger partial charge < -0.3 is 10.0 Å². The number of aliphatic carboxylic acids is 1. The number of amides is 1. The Balaban J connectivity index is 1.67. The molecule has 1 saturated heterocycles. The largest absolute Gasteiger partial charge is 0.481 e. The molecule has 21 heavy (non-hydrogen) atoms. The molecule has 1 aromatic carbocycles. The minimum absolute atomic E-state index is 0.0375. The van der Waals surface area contributed by atoms with Crippen LogP contribution in [0.15, 0.2) is 24.3 Å². The fraction of sp³-hybridized carbons (Fsp3) is 0.500. The number of likely N-dealkylation sites (tertiary alicyclic amines) is 1. The van der Waals surface area contributed by atoms with Crippen molar-refractivity contribution >= 4 is 11.9 Å². The van der Waals surface area contributed by atoms with Crippen molar-refractivity contribution in [2.75, 3.05) is 13.1 Å². The first-order valence-electron chi connectivity index (χ1n) is 7.22. The summed E-state index contributed by atoms with van der Waals surface area (Å²) in [6.07, 6.45) is 1.57. The molecule has 1 heterocycles. The van der Waals surface area contributed by atoms with E-state index in [0.717, 1.165) is 18.4 Å². The summed E-state index contributed by atoms with van der Waals surface area (Å²) in [4.78, 5) is 25.3. The summed E-state index contributed by atoms with van der Waals surface area (Å²) >= 11 is 0. The van der Waals surface area contributed by atoms with Gasteiger partial charge in [-0.3, -0.25) is 9.59 Å². The van der Waals surface area contributed by atoms with Crippen molar-refractivity contribution in [1.82, 2.24) is 4.90 Å². The van der Waals surface area contributed by atoms with Crippen LogP contribution in [0.2, 0.25) is 0 Å². The van der Waals surface area contributed by atoms with E-state index in [1.165, 1.54) is 12.1 Å². The highest BCUT2D eigenvalue weighted by atomic mass is 19.1. The van der Waals surface area contributed by atoms with Crippen LogP contribution in [0.3, 0.4) is 0 Å². The van der Waals surface area contributed by atoms with Crippen LogP contribution >= 0.6 is 0 Å². The predicted octanol–water partition coefficient (Wildman–Crippen LogP) is 2.04. The highest BCUT2D eigenvalue weighted by Crippen LogP contribution is 2.50. The lowest BCUT2D eigenvalue weighted by Crippen LogP contribution is -2.56. The number of nitrogens with zero attached hydrogens (tertiary/aromatic N) is 1. The van der Waals surface area contributed by atoms with E-state index in [9.17, 15) is 14.0 Å². The van der Waals surface area contributed by atoms with E-state index in [4.69, 9.17) is 5.11 Å². The Morgan fingerprint density at radius 3 is 2.33 bits per heavy atom. The van der Waals surface area contributed by atoms with Crippen LogP contribution in [0, 0.1) is 17.7 Å². The minimum Gasteiger partial charge on any atom is -0.481 e. The molecular weight excluding hydrogens is 273 g/mol. The zero-order valence-electron chi connectivity index (χ0n) is 11.9. The molecule has 1 saturated carbocycles. The maximum atomic E-state index is 13.0. The van der Waals surface area contributed by atoms with E-state index in [1.54, 1.807) is 24.0 Å². The summed E-state index contributed by atoms with van der Waals surface area (Å²) in [5, 5.41) is 8.98. The summed E-state index contributed by atoms with van der Waals surface area (Å²) in [5.41, 5.74) is 0.370. The van der Waals surface area contributed by atoms with Crippen molar-refractivity contribution in [3.63, 3.8) is 0 Å². The van der Waals surface area contributed by atoms with E-state index in [2.05, 4.69) is 0 Å². The molecule has 4 nitrogen and oxygen atoms in total. The number of rotatable bonds is 4. The Kier molecular flexibility index (Phi) is 3.23. The van der Waals surface area contributed by atoms with Crippen LogP contribution in [-0.4, -0.2) is 35.0 Å². The number of carbonyl (C=O) groups excluding carboxylic acids is 1. The Labute approximate surface area is 122 Å². The average Bonchev–Trinajstić information content (AvgIpc) is 3.19. The molecule has 1 aliphatic carbocycles. The van der Waals surface area contributed by atoms with Crippen LogP contribution in [0.1, 0.15) is 25.3 Å². The van der Waals surface area contributed by atoms with Gasteiger partial charge in [-0.15, -0.1) is 0 Å². The number of carboxylic acids is 1. The number of hydrogen-bond acceptors (Lipinski definition) is 2. The van der Waals surface area contributed by atoms with Gasteiger partial charge in [-0.25, -0.2) is 4.39 Å². The smallest absolute Gasteiger partial charge is 0.306 e. The second-order valence-electron chi connectivity index (χ2n) is 6.19. The first kappa shape index (κ1) is 14.0. The van der Waals surface area contributed by atoms with Crippen LogP contribution in [-0.2, 0) is 15.0 Å². The Morgan fingerprint density at radius 1 is 1.29 bits per heavy atom. The van der Waals surface area contributed by atoms with Gasteiger partial charge in [0.25, 0.3) is 0 Å². The third-order valence-corrected chi connectivity index (χ3v) is 4.85. The zero-order chi connectivity index (χ0) is 15.2. The number of carboxylic acid groups (broad SMARTS) is 1. The maximum absolute atomic E-state index is 13.0. The van der Waals surface area contributed by atoms with E-state index in [-0.39, 0.29) is 17.6 Å². The molecule has 0 radical (unpaired) electrons. The predicted molar refractivity (Wildman–Crippen MR) is 74.2 cm³/mol. The molecule has 1 aromatic rings. The van der Waals surface area contributed by atoms with Crippen LogP contribution in [0.25, 0.3) is 0 Å². The first-order chi connectivity index (χ1) is 9.94. The van der Waals surface area contributed by atoms with E-state index < -0.39 is 17.3 Å². The molecule has 1 N–H and O–H groups in total. The van der Waals surface area contributed by atoms with Gasteiger partial charge in [-0.1, -0.05) is 19.1 Å². The molecular formula is C16H18FNO3. The minimum atomic E-state index is -0.813. The molecule has 2 aliphatic rings. The van der Waals surface area contributed by atoms with E-state index in [1.807, 2.05) is 0 Å². The topological polar surface area (TPSA) is 57.6 Å². The van der Waals surface area contributed by atoms with Gasteiger partial charge in [-0.2, -0.15) is 0 Å². The number of halogens is 1. The lowest BCUT2D eigenvalue weighted by molar-refractivity contribution is -0.151. The molecule has 3 rings (SSSR count). The fourth-order valence-corrected chi connectivity index (χ4v) is 3.02. The van der Waals surface area contributed by atoms with Crippen molar-refractivity contribution in [2.45, 2.75) is 25.2 Å². The number of hydrogen-bond donors (Lipinski definition) is 1. The second kappa shape index (κ2) is 4.83. The van der Waals surface area contributed by atoms with Crippen molar-refractivity contribution in [3.05, 3.63) is 35.6 Å². The molecule has 1 aliphatic heterocycles. The highest BCUT2D eigenvalue weighted by Gasteiger charge is 2.55. The van der Waals surface area contributed by atoms with Crippen molar-refractivity contribution < 1.29 is 19.1 Å². The van der Waals surface area contributed by atoms with Crippen LogP contribution in [0.5, 0.6) is 0 Å². The van der Waals surface area contributed by atoms with Gasteiger partial charge in [0.15, 0.2) is 0 Å². The molecule has 0 aromatic heterocycles. The lowest BCUT2D eigenvalue weighted by atomic mass is 9.84. The Bertz CT molecular complexity index is 574. The van der Waals surface area contributed by atoms with Crippen LogP contribution in [0.4, 0.5) is 4.39 Å². The monoisotopic (exact) mass is 291 g/mol. The summed E-state index contributed by atoms with van der Waals surface area (Å²) < 4.78 is 13.0. The standard InChI is InChI=1S/C16H18FNO3/c1-10(14(19)20)11-8-18(9-11)15(21)16(6-7-16)12-2-4-13(17)5-3-12/h2-5,10-11H,6-9H2,1H3,(H,19,20). The second-order valence-corrected chi connectivity index (χ2v) is 6.19. The van der Waals surface area contributed by atoms with Gasteiger partial charge in [-0.05, 0) is 30.5 Å². The number of benzene rings is 1. The van der Waals surface area contributed by atoms with Gasteiger partial charge in [0, 0.05) is 19.0 Å². The Morgan fingerprint density at radius 2 is 1.86 bits per heavy atom. The molecule has 5 heteroatoms. The van der Waals surface area contributed by atoms with E-state index in [0.29, 0.717) is 13.1 Å². The summed E-state index contributed by atoms with van der Waals surface area (Å²) in [6.45, 7) is 2.70. The van der Waals surface area contributed by atoms with E-state index >= 15 is 0 Å². The van der Waals surface area contributed by atoms with Gasteiger partial charge >= 0.3 is 5.97 Å². The molecule has 1 unspecified atom stereocenters. The van der Waals surface area contributed by atoms with Gasteiger partial charge in [0.2, 0.25) is 5.91 Å². The van der Waals surface area contributed by atoms with Crippen molar-refractivity contribution in [2.24, 2.45) is 11.8 Å². The third kappa shape index (κ3) is 2.30. The number of carbonyl (C=O) groups is 2. The highest BCUT2D eigenvalue weighted by molar-refractivity contribution is 5.92. The molecule has 0 spiro atoms. The summed E-state index contributed by atoms with van der Waals surface area (Å²) in [7, 11) is 0. The SMILES string of the molecule is CC(C(=O)O)C1CN(C(=O)C2(c3ccc(F)cc3)CC2)C1. The van der Waals surface area contributed by atoms with Gasteiger partial charge in [0.05, 0.1) is 11.3 Å². The zero-order valence-corrected chi connectivity index (χ0v) is 11.9. The average molecular weight is 291 g/mol. The first-order valence-corrected chi connectivity index (χ1v) is 7.22.